The quantitative estimate of drug-likeness (QED) is 0.805. The van der Waals surface area contributed by atoms with Gasteiger partial charge in [-0.3, -0.25) is 14.5 Å². The van der Waals surface area contributed by atoms with Gasteiger partial charge in [0.25, 0.3) is 5.91 Å². The van der Waals surface area contributed by atoms with E-state index in [0.29, 0.717) is 5.56 Å². The average Bonchev–Trinajstić information content (AvgIpc) is 2.90. The molecule has 0 spiro atoms. The zero-order valence-electron chi connectivity index (χ0n) is 13.8. The first kappa shape index (κ1) is 18.4. The van der Waals surface area contributed by atoms with Crippen LogP contribution in [0.1, 0.15) is 17.2 Å². The Bertz CT molecular complexity index is 884. The first-order valence-corrected chi connectivity index (χ1v) is 7.89. The molecule has 2 aromatic carbocycles. The molecule has 0 saturated carbocycles. The van der Waals surface area contributed by atoms with E-state index in [2.05, 4.69) is 10.6 Å². The maximum atomic E-state index is 12.7. The van der Waals surface area contributed by atoms with Crippen molar-refractivity contribution in [3.63, 3.8) is 0 Å². The van der Waals surface area contributed by atoms with E-state index in [1.54, 1.807) is 30.3 Å². The molecule has 0 bridgehead atoms. The highest BCUT2D eigenvalue weighted by molar-refractivity contribution is 6.08. The minimum absolute atomic E-state index is 0.0820. The third kappa shape index (κ3) is 4.08. The van der Waals surface area contributed by atoms with Crippen LogP contribution < -0.4 is 10.6 Å². The summed E-state index contributed by atoms with van der Waals surface area (Å²) >= 11 is 0. The van der Waals surface area contributed by atoms with Crippen molar-refractivity contribution in [3.05, 3.63) is 65.7 Å². The Morgan fingerprint density at radius 3 is 2.44 bits per heavy atom. The number of urea groups is 1. The third-order valence-electron chi connectivity index (χ3n) is 3.93. The van der Waals surface area contributed by atoms with Gasteiger partial charge >= 0.3 is 12.2 Å². The van der Waals surface area contributed by atoms with E-state index in [0.717, 1.165) is 23.1 Å². The summed E-state index contributed by atoms with van der Waals surface area (Å²) in [5, 5.41) is 4.74. The largest absolute Gasteiger partial charge is 0.416 e. The first-order chi connectivity index (χ1) is 12.8. The summed E-state index contributed by atoms with van der Waals surface area (Å²) in [5.41, 5.74) is -0.433. The zero-order chi connectivity index (χ0) is 19.6. The van der Waals surface area contributed by atoms with Gasteiger partial charge in [0.2, 0.25) is 5.91 Å². The van der Waals surface area contributed by atoms with E-state index in [1.807, 2.05) is 0 Å². The summed E-state index contributed by atoms with van der Waals surface area (Å²) < 4.78 is 38.2. The second-order valence-electron chi connectivity index (χ2n) is 5.84. The van der Waals surface area contributed by atoms with Crippen LogP contribution in [0.4, 0.5) is 23.7 Å². The maximum Gasteiger partial charge on any atom is 0.416 e. The van der Waals surface area contributed by atoms with Crippen molar-refractivity contribution in [1.29, 1.82) is 0 Å². The average molecular weight is 377 g/mol. The highest BCUT2D eigenvalue weighted by atomic mass is 19.4. The van der Waals surface area contributed by atoms with Crippen LogP contribution in [0.2, 0.25) is 0 Å². The number of imide groups is 1. The van der Waals surface area contributed by atoms with Gasteiger partial charge in [-0.2, -0.15) is 13.2 Å². The molecule has 6 nitrogen and oxygen atoms in total. The molecule has 1 fully saturated rings. The van der Waals surface area contributed by atoms with E-state index in [1.165, 1.54) is 6.07 Å². The molecule has 27 heavy (non-hydrogen) atoms. The molecule has 0 radical (unpaired) electrons. The van der Waals surface area contributed by atoms with E-state index < -0.39 is 42.2 Å². The highest BCUT2D eigenvalue weighted by Crippen LogP contribution is 2.30. The van der Waals surface area contributed by atoms with Gasteiger partial charge < -0.3 is 10.6 Å². The van der Waals surface area contributed by atoms with Gasteiger partial charge in [0.05, 0.1) is 5.56 Å². The van der Waals surface area contributed by atoms with Gasteiger partial charge in [-0.25, -0.2) is 4.79 Å². The summed E-state index contributed by atoms with van der Waals surface area (Å²) in [6.07, 6.45) is -4.55. The van der Waals surface area contributed by atoms with Crippen LogP contribution in [0.3, 0.4) is 0 Å². The minimum atomic E-state index is -4.55. The van der Waals surface area contributed by atoms with Crippen LogP contribution in [0.5, 0.6) is 0 Å². The second kappa shape index (κ2) is 7.10. The number of benzene rings is 2. The Hall–Kier alpha value is -3.36. The number of alkyl halides is 3. The number of carbonyl (C=O) groups is 3. The van der Waals surface area contributed by atoms with Crippen molar-refractivity contribution < 1.29 is 27.6 Å². The molecule has 1 aliphatic heterocycles. The molecule has 1 unspecified atom stereocenters. The fourth-order valence-electron chi connectivity index (χ4n) is 2.66. The molecule has 1 atom stereocenters. The molecular formula is C18H14F3N3O3. The molecule has 3 rings (SSSR count). The number of rotatable bonds is 4. The number of halogens is 3. The highest BCUT2D eigenvalue weighted by Gasteiger charge is 2.39. The van der Waals surface area contributed by atoms with Crippen molar-refractivity contribution in [2.24, 2.45) is 0 Å². The molecule has 0 aromatic heterocycles. The van der Waals surface area contributed by atoms with E-state index >= 15 is 0 Å². The predicted octanol–water partition coefficient (Wildman–Crippen LogP) is 2.94. The van der Waals surface area contributed by atoms with Crippen molar-refractivity contribution in [1.82, 2.24) is 10.2 Å². The molecule has 1 heterocycles. The van der Waals surface area contributed by atoms with Crippen LogP contribution in [-0.4, -0.2) is 29.3 Å². The van der Waals surface area contributed by atoms with E-state index in [-0.39, 0.29) is 5.69 Å². The molecule has 2 N–H and O–H groups in total. The van der Waals surface area contributed by atoms with Crippen LogP contribution in [0.15, 0.2) is 54.6 Å². The molecule has 1 aliphatic rings. The molecule has 140 valence electrons. The van der Waals surface area contributed by atoms with Gasteiger partial charge in [0.15, 0.2) is 0 Å². The number of nitrogens with zero attached hydrogens (tertiary/aromatic N) is 1. The SMILES string of the molecule is O=C(CN1C(=O)NC(c2ccccc2)C1=O)Nc1cccc(C(F)(F)F)c1. The predicted molar refractivity (Wildman–Crippen MR) is 89.5 cm³/mol. The lowest BCUT2D eigenvalue weighted by atomic mass is 10.1. The summed E-state index contributed by atoms with van der Waals surface area (Å²) in [6, 6.07) is 10.9. The molecule has 1 saturated heterocycles. The smallest absolute Gasteiger partial charge is 0.325 e. The van der Waals surface area contributed by atoms with Gasteiger partial charge in [0, 0.05) is 5.69 Å². The Labute approximate surface area is 152 Å². The van der Waals surface area contributed by atoms with E-state index in [9.17, 15) is 27.6 Å². The van der Waals surface area contributed by atoms with Crippen molar-refractivity contribution in [2.45, 2.75) is 12.2 Å². The van der Waals surface area contributed by atoms with Crippen molar-refractivity contribution in [3.8, 4) is 0 Å². The zero-order valence-corrected chi connectivity index (χ0v) is 13.8. The number of anilines is 1. The second-order valence-corrected chi connectivity index (χ2v) is 5.84. The lowest BCUT2D eigenvalue weighted by molar-refractivity contribution is -0.137. The minimum Gasteiger partial charge on any atom is -0.325 e. The fourth-order valence-corrected chi connectivity index (χ4v) is 2.66. The summed E-state index contributed by atoms with van der Waals surface area (Å²) in [5.74, 6) is -1.39. The van der Waals surface area contributed by atoms with Gasteiger partial charge in [-0.15, -0.1) is 0 Å². The number of carbonyl (C=O) groups excluding carboxylic acids is 3. The molecular weight excluding hydrogens is 363 g/mol. The molecule has 4 amide bonds. The maximum absolute atomic E-state index is 12.7. The fraction of sp³-hybridized carbons (Fsp3) is 0.167. The number of nitrogens with one attached hydrogen (secondary N) is 2. The van der Waals surface area contributed by atoms with Crippen LogP contribution in [-0.2, 0) is 15.8 Å². The van der Waals surface area contributed by atoms with Gasteiger partial charge in [-0.05, 0) is 23.8 Å². The Morgan fingerprint density at radius 2 is 1.78 bits per heavy atom. The topological polar surface area (TPSA) is 78.5 Å². The molecule has 2 aromatic rings. The summed E-state index contributed by atoms with van der Waals surface area (Å²) in [4.78, 5) is 37.2. The number of hydrogen-bond donors (Lipinski definition) is 2. The van der Waals surface area contributed by atoms with Crippen molar-refractivity contribution >= 4 is 23.5 Å². The van der Waals surface area contributed by atoms with Crippen LogP contribution >= 0.6 is 0 Å². The van der Waals surface area contributed by atoms with Gasteiger partial charge in [-0.1, -0.05) is 36.4 Å². The standard InChI is InChI=1S/C18H14F3N3O3/c19-18(20,21)12-7-4-8-13(9-12)22-14(25)10-24-16(26)15(23-17(24)27)11-5-2-1-3-6-11/h1-9,15H,10H2,(H,22,25)(H,23,27). The lowest BCUT2D eigenvalue weighted by Crippen LogP contribution is -2.38. The summed E-state index contributed by atoms with van der Waals surface area (Å²) in [7, 11) is 0. The van der Waals surface area contributed by atoms with E-state index in [4.69, 9.17) is 0 Å². The molecule has 0 aliphatic carbocycles. The monoisotopic (exact) mass is 377 g/mol. The van der Waals surface area contributed by atoms with Crippen LogP contribution in [0.25, 0.3) is 0 Å². The molecule has 9 heteroatoms. The lowest BCUT2D eigenvalue weighted by Gasteiger charge is -2.14. The third-order valence-corrected chi connectivity index (χ3v) is 3.93. The Kier molecular flexibility index (Phi) is 4.85. The van der Waals surface area contributed by atoms with Gasteiger partial charge in [0.1, 0.15) is 12.6 Å². The Balaban J connectivity index is 1.68. The summed E-state index contributed by atoms with van der Waals surface area (Å²) in [6.45, 7) is -0.607. The van der Waals surface area contributed by atoms with Crippen LogP contribution in [0, 0.1) is 0 Å². The normalized spacial score (nSPS) is 17.0. The number of amides is 4. The number of hydrogen-bond acceptors (Lipinski definition) is 3. The Morgan fingerprint density at radius 1 is 1.07 bits per heavy atom. The van der Waals surface area contributed by atoms with Crippen molar-refractivity contribution in [2.75, 3.05) is 11.9 Å². The first-order valence-electron chi connectivity index (χ1n) is 7.89.